The molecule has 5 nitrogen and oxygen atoms in total. The van der Waals surface area contributed by atoms with E-state index >= 15 is 0 Å². The van der Waals surface area contributed by atoms with Crippen molar-refractivity contribution in [1.29, 1.82) is 0 Å². The molecule has 1 aromatic rings. The number of carboxylic acids is 1. The second-order valence-electron chi connectivity index (χ2n) is 7.55. The Morgan fingerprint density at radius 2 is 1.76 bits per heavy atom. The van der Waals surface area contributed by atoms with Gasteiger partial charge in [0.05, 0.1) is 12.0 Å². The first-order valence-electron chi connectivity index (χ1n) is 9.42. The van der Waals surface area contributed by atoms with Crippen LogP contribution in [0.2, 0.25) is 0 Å². The summed E-state index contributed by atoms with van der Waals surface area (Å²) in [7, 11) is 0. The maximum Gasteiger partial charge on any atom is 0.315 e. The molecule has 0 heterocycles. The van der Waals surface area contributed by atoms with Crippen molar-refractivity contribution < 1.29 is 14.7 Å². The molecule has 1 fully saturated rings. The number of hydrogen-bond donors (Lipinski definition) is 3. The molecule has 2 aliphatic carbocycles. The minimum absolute atomic E-state index is 0.0362. The molecule has 0 aliphatic heterocycles. The highest BCUT2D eigenvalue weighted by molar-refractivity contribution is 5.75. The summed E-state index contributed by atoms with van der Waals surface area (Å²) >= 11 is 0. The highest BCUT2D eigenvalue weighted by atomic mass is 16.4. The van der Waals surface area contributed by atoms with Crippen molar-refractivity contribution in [3.63, 3.8) is 0 Å². The second-order valence-corrected chi connectivity index (χ2v) is 7.55. The molecule has 0 saturated heterocycles. The van der Waals surface area contributed by atoms with Crippen molar-refractivity contribution in [2.75, 3.05) is 0 Å². The van der Waals surface area contributed by atoms with Gasteiger partial charge in [0.2, 0.25) is 0 Å². The molecule has 0 radical (unpaired) electrons. The molecule has 1 saturated carbocycles. The van der Waals surface area contributed by atoms with E-state index in [9.17, 15) is 9.59 Å². The van der Waals surface area contributed by atoms with Gasteiger partial charge in [-0.15, -0.1) is 0 Å². The molecule has 2 aliphatic rings. The van der Waals surface area contributed by atoms with Crippen LogP contribution in [0.1, 0.15) is 62.6 Å². The topological polar surface area (TPSA) is 78.4 Å². The molecule has 25 heavy (non-hydrogen) atoms. The number of carbonyl (C=O) groups excluding carboxylic acids is 1. The number of aryl methyl sites for hydroxylation is 1. The molecular weight excluding hydrogens is 316 g/mol. The fourth-order valence-electron chi connectivity index (χ4n) is 4.23. The standard InChI is InChI=1S/C20H28N2O3/c1-13-5-4-7-14-6-2-3-8-17(14)18(13)22-20(25)21-16-11-9-15(10-12-16)19(23)24/h2-3,6,8,13,15-16,18H,4-5,7,9-12H2,1H3,(H,23,24)(H2,21,22,25). The Kier molecular flexibility index (Phi) is 5.61. The molecule has 136 valence electrons. The lowest BCUT2D eigenvalue weighted by atomic mass is 9.86. The van der Waals surface area contributed by atoms with Crippen molar-refractivity contribution in [1.82, 2.24) is 10.6 Å². The normalized spacial score (nSPS) is 29.2. The largest absolute Gasteiger partial charge is 0.481 e. The van der Waals surface area contributed by atoms with Gasteiger partial charge in [-0.1, -0.05) is 31.2 Å². The molecule has 1 aromatic carbocycles. The van der Waals surface area contributed by atoms with Gasteiger partial charge >= 0.3 is 12.0 Å². The highest BCUT2D eigenvalue weighted by Gasteiger charge is 2.29. The summed E-state index contributed by atoms with van der Waals surface area (Å²) in [6.07, 6.45) is 6.08. The van der Waals surface area contributed by atoms with Crippen LogP contribution in [-0.4, -0.2) is 23.1 Å². The molecule has 5 heteroatoms. The van der Waals surface area contributed by atoms with Gasteiger partial charge in [-0.2, -0.15) is 0 Å². The zero-order chi connectivity index (χ0) is 17.8. The number of rotatable bonds is 3. The van der Waals surface area contributed by atoms with Crippen LogP contribution in [0.5, 0.6) is 0 Å². The van der Waals surface area contributed by atoms with E-state index in [1.165, 1.54) is 11.1 Å². The third kappa shape index (κ3) is 4.33. The first-order chi connectivity index (χ1) is 12.0. The van der Waals surface area contributed by atoms with Crippen LogP contribution in [0.4, 0.5) is 4.79 Å². The fourth-order valence-corrected chi connectivity index (χ4v) is 4.23. The summed E-state index contributed by atoms with van der Waals surface area (Å²) < 4.78 is 0. The average Bonchev–Trinajstić information content (AvgIpc) is 2.75. The smallest absolute Gasteiger partial charge is 0.315 e. The van der Waals surface area contributed by atoms with Crippen LogP contribution in [0, 0.1) is 11.8 Å². The highest BCUT2D eigenvalue weighted by Crippen LogP contribution is 2.33. The van der Waals surface area contributed by atoms with Gasteiger partial charge in [0.15, 0.2) is 0 Å². The average molecular weight is 344 g/mol. The van der Waals surface area contributed by atoms with Gasteiger partial charge in [0, 0.05) is 6.04 Å². The lowest BCUT2D eigenvalue weighted by Gasteiger charge is -2.29. The van der Waals surface area contributed by atoms with E-state index in [1.807, 2.05) is 6.07 Å². The van der Waals surface area contributed by atoms with Crippen LogP contribution in [0.25, 0.3) is 0 Å². The van der Waals surface area contributed by atoms with Gasteiger partial charge in [-0.05, 0) is 62.0 Å². The first-order valence-corrected chi connectivity index (χ1v) is 9.42. The van der Waals surface area contributed by atoms with E-state index in [0.717, 1.165) is 32.1 Å². The van der Waals surface area contributed by atoms with Crippen molar-refractivity contribution in [2.24, 2.45) is 11.8 Å². The van der Waals surface area contributed by atoms with E-state index in [4.69, 9.17) is 5.11 Å². The number of benzene rings is 1. The van der Waals surface area contributed by atoms with E-state index < -0.39 is 5.97 Å². The maximum absolute atomic E-state index is 12.5. The quantitative estimate of drug-likeness (QED) is 0.733. The lowest BCUT2D eigenvalue weighted by Crippen LogP contribution is -2.46. The number of aliphatic carboxylic acids is 1. The summed E-state index contributed by atoms with van der Waals surface area (Å²) in [5, 5.41) is 15.3. The van der Waals surface area contributed by atoms with Crippen LogP contribution in [0.15, 0.2) is 24.3 Å². The van der Waals surface area contributed by atoms with Gasteiger partial charge in [0.1, 0.15) is 0 Å². The number of nitrogens with one attached hydrogen (secondary N) is 2. The van der Waals surface area contributed by atoms with Gasteiger partial charge < -0.3 is 15.7 Å². The van der Waals surface area contributed by atoms with Crippen LogP contribution in [-0.2, 0) is 11.2 Å². The summed E-state index contributed by atoms with van der Waals surface area (Å²) in [6.45, 7) is 2.20. The number of hydrogen-bond acceptors (Lipinski definition) is 2. The molecule has 3 N–H and O–H groups in total. The van der Waals surface area contributed by atoms with Crippen molar-refractivity contribution in [2.45, 2.75) is 64.0 Å². The predicted octanol–water partition coefficient (Wildman–Crippen LogP) is 3.64. The Balaban J connectivity index is 1.60. The Morgan fingerprint density at radius 1 is 1.04 bits per heavy atom. The Morgan fingerprint density at radius 3 is 2.48 bits per heavy atom. The zero-order valence-electron chi connectivity index (χ0n) is 14.8. The molecule has 2 atom stereocenters. The third-order valence-electron chi connectivity index (χ3n) is 5.76. The third-order valence-corrected chi connectivity index (χ3v) is 5.76. The van der Waals surface area contributed by atoms with Gasteiger partial charge in [0.25, 0.3) is 0 Å². The molecule has 0 aromatic heterocycles. The summed E-state index contributed by atoms with van der Waals surface area (Å²) in [5.41, 5.74) is 2.57. The van der Waals surface area contributed by atoms with Crippen molar-refractivity contribution in [3.8, 4) is 0 Å². The molecule has 0 spiro atoms. The molecule has 2 amide bonds. The van der Waals surface area contributed by atoms with Crippen LogP contribution in [0.3, 0.4) is 0 Å². The maximum atomic E-state index is 12.5. The van der Waals surface area contributed by atoms with Gasteiger partial charge in [-0.25, -0.2) is 4.79 Å². The minimum Gasteiger partial charge on any atom is -0.481 e. The molecule has 3 rings (SSSR count). The number of urea groups is 1. The van der Waals surface area contributed by atoms with E-state index in [-0.39, 0.29) is 24.0 Å². The van der Waals surface area contributed by atoms with Crippen LogP contribution >= 0.6 is 0 Å². The van der Waals surface area contributed by atoms with Crippen LogP contribution < -0.4 is 10.6 Å². The summed E-state index contributed by atoms with van der Waals surface area (Å²) in [6, 6.07) is 8.37. The minimum atomic E-state index is -0.716. The molecule has 0 bridgehead atoms. The van der Waals surface area contributed by atoms with Crippen molar-refractivity contribution >= 4 is 12.0 Å². The Bertz CT molecular complexity index is 623. The molecule has 2 unspecified atom stereocenters. The lowest BCUT2D eigenvalue weighted by molar-refractivity contribution is -0.142. The van der Waals surface area contributed by atoms with Crippen molar-refractivity contribution in [3.05, 3.63) is 35.4 Å². The number of carboxylic acid groups (broad SMARTS) is 1. The monoisotopic (exact) mass is 344 g/mol. The SMILES string of the molecule is CC1CCCc2ccccc2C1NC(=O)NC1CCC(C(=O)O)CC1. The van der Waals surface area contributed by atoms with E-state index in [0.29, 0.717) is 18.8 Å². The number of amides is 2. The predicted molar refractivity (Wildman–Crippen MR) is 96.3 cm³/mol. The summed E-state index contributed by atoms with van der Waals surface area (Å²) in [5.74, 6) is -0.571. The first kappa shape index (κ1) is 17.8. The van der Waals surface area contributed by atoms with E-state index in [1.54, 1.807) is 0 Å². The fraction of sp³-hybridized carbons (Fsp3) is 0.600. The number of carbonyl (C=O) groups is 2. The summed E-state index contributed by atoms with van der Waals surface area (Å²) in [4.78, 5) is 23.6. The Hall–Kier alpha value is -2.04. The second kappa shape index (κ2) is 7.89. The van der Waals surface area contributed by atoms with Gasteiger partial charge in [-0.3, -0.25) is 4.79 Å². The van der Waals surface area contributed by atoms with E-state index in [2.05, 4.69) is 35.8 Å². The Labute approximate surface area is 149 Å². The molecular formula is C20H28N2O3. The number of fused-ring (bicyclic) bond motifs is 1. The zero-order valence-corrected chi connectivity index (χ0v) is 14.8.